The van der Waals surface area contributed by atoms with E-state index >= 15 is 0 Å². The molecule has 3 nitrogen and oxygen atoms in total. The van der Waals surface area contributed by atoms with Gasteiger partial charge in [0.15, 0.2) is 11.6 Å². The molecule has 0 fully saturated rings. The number of anilines is 2. The van der Waals surface area contributed by atoms with Gasteiger partial charge in [0.1, 0.15) is 5.54 Å². The van der Waals surface area contributed by atoms with E-state index in [2.05, 4.69) is 10.6 Å². The molecule has 0 aliphatic carbocycles. The third-order valence-corrected chi connectivity index (χ3v) is 2.66. The van der Waals surface area contributed by atoms with E-state index in [1.807, 2.05) is 0 Å². The smallest absolute Gasteiger partial charge is 0.249 e. The Hall–Kier alpha value is -1.65. The van der Waals surface area contributed by atoms with Crippen molar-refractivity contribution in [2.45, 2.75) is 26.3 Å². The van der Waals surface area contributed by atoms with E-state index in [9.17, 15) is 13.6 Å². The Kier molecular flexibility index (Phi) is 2.15. The average molecular weight is 226 g/mol. The largest absolute Gasteiger partial charge is 0.367 e. The van der Waals surface area contributed by atoms with E-state index in [0.29, 0.717) is 11.3 Å². The van der Waals surface area contributed by atoms with Crippen LogP contribution in [-0.4, -0.2) is 11.4 Å². The summed E-state index contributed by atoms with van der Waals surface area (Å²) in [5.74, 6) is -2.15. The lowest BCUT2D eigenvalue weighted by Crippen LogP contribution is -2.48. The van der Waals surface area contributed by atoms with E-state index in [4.69, 9.17) is 0 Å². The minimum absolute atomic E-state index is 0.0158. The Labute approximate surface area is 91.8 Å². The van der Waals surface area contributed by atoms with Crippen molar-refractivity contribution >= 4 is 17.3 Å². The lowest BCUT2D eigenvalue weighted by molar-refractivity contribution is -0.119. The summed E-state index contributed by atoms with van der Waals surface area (Å²) in [4.78, 5) is 11.6. The first kappa shape index (κ1) is 10.9. The van der Waals surface area contributed by atoms with Crippen molar-refractivity contribution in [1.29, 1.82) is 0 Å². The summed E-state index contributed by atoms with van der Waals surface area (Å²) >= 11 is 0. The number of amides is 1. The number of nitrogens with one attached hydrogen (secondary N) is 2. The van der Waals surface area contributed by atoms with E-state index < -0.39 is 17.2 Å². The molecule has 0 saturated carbocycles. The zero-order valence-electron chi connectivity index (χ0n) is 9.24. The van der Waals surface area contributed by atoms with E-state index in [0.717, 1.165) is 6.07 Å². The van der Waals surface area contributed by atoms with E-state index in [1.54, 1.807) is 20.8 Å². The number of hydrogen-bond acceptors (Lipinski definition) is 2. The lowest BCUT2D eigenvalue weighted by atomic mass is 9.98. The van der Waals surface area contributed by atoms with Crippen LogP contribution in [0.1, 0.15) is 19.4 Å². The number of fused-ring (bicyclic) bond motifs is 1. The van der Waals surface area contributed by atoms with Crippen molar-refractivity contribution in [3.8, 4) is 0 Å². The molecule has 86 valence electrons. The predicted molar refractivity (Wildman–Crippen MR) is 57.4 cm³/mol. The molecule has 1 amide bonds. The van der Waals surface area contributed by atoms with Gasteiger partial charge >= 0.3 is 0 Å². The van der Waals surface area contributed by atoms with Crippen LogP contribution in [0.5, 0.6) is 0 Å². The van der Waals surface area contributed by atoms with Crippen molar-refractivity contribution in [2.24, 2.45) is 0 Å². The van der Waals surface area contributed by atoms with Gasteiger partial charge in [-0.25, -0.2) is 8.78 Å². The fraction of sp³-hybridized carbons (Fsp3) is 0.364. The second-order valence-corrected chi connectivity index (χ2v) is 4.44. The average Bonchev–Trinajstić information content (AvgIpc) is 2.18. The second kappa shape index (κ2) is 3.17. The van der Waals surface area contributed by atoms with Gasteiger partial charge in [-0.05, 0) is 32.4 Å². The maximum Gasteiger partial charge on any atom is 0.249 e. The minimum Gasteiger partial charge on any atom is -0.367 e. The van der Waals surface area contributed by atoms with Crippen molar-refractivity contribution in [3.05, 3.63) is 23.3 Å². The molecule has 5 heteroatoms. The van der Waals surface area contributed by atoms with Gasteiger partial charge in [0.05, 0.1) is 11.4 Å². The van der Waals surface area contributed by atoms with Gasteiger partial charge in [-0.15, -0.1) is 0 Å². The van der Waals surface area contributed by atoms with Crippen LogP contribution in [0.15, 0.2) is 6.07 Å². The maximum absolute atomic E-state index is 13.5. The number of benzene rings is 1. The first-order valence-electron chi connectivity index (χ1n) is 4.91. The number of hydrogen-bond donors (Lipinski definition) is 2. The van der Waals surface area contributed by atoms with Crippen LogP contribution in [0.3, 0.4) is 0 Å². The summed E-state index contributed by atoms with van der Waals surface area (Å²) in [7, 11) is 0. The number of halogens is 2. The Balaban J connectivity index is 2.64. The van der Waals surface area contributed by atoms with E-state index in [-0.39, 0.29) is 11.6 Å². The molecule has 0 unspecified atom stereocenters. The molecule has 2 N–H and O–H groups in total. The Morgan fingerprint density at radius 3 is 2.50 bits per heavy atom. The molecule has 0 saturated heterocycles. The highest BCUT2D eigenvalue weighted by atomic mass is 19.2. The first-order valence-corrected chi connectivity index (χ1v) is 4.91. The number of carbonyl (C=O) groups excluding carboxylic acids is 1. The second-order valence-electron chi connectivity index (χ2n) is 4.44. The zero-order chi connectivity index (χ0) is 12.1. The summed E-state index contributed by atoms with van der Waals surface area (Å²) in [5, 5.41) is 5.29. The third kappa shape index (κ3) is 1.43. The van der Waals surface area contributed by atoms with Gasteiger partial charge in [0.25, 0.3) is 0 Å². The molecule has 1 aromatic carbocycles. The van der Waals surface area contributed by atoms with Crippen molar-refractivity contribution in [1.82, 2.24) is 0 Å². The molecule has 1 aliphatic rings. The van der Waals surface area contributed by atoms with Gasteiger partial charge < -0.3 is 10.6 Å². The molecular weight excluding hydrogens is 214 g/mol. The van der Waals surface area contributed by atoms with Gasteiger partial charge in [-0.2, -0.15) is 0 Å². The van der Waals surface area contributed by atoms with Crippen molar-refractivity contribution in [2.75, 3.05) is 10.6 Å². The lowest BCUT2D eigenvalue weighted by Gasteiger charge is -2.33. The molecule has 1 aliphatic heterocycles. The van der Waals surface area contributed by atoms with Crippen LogP contribution in [0.25, 0.3) is 0 Å². The first-order chi connectivity index (χ1) is 7.33. The normalized spacial score (nSPS) is 17.4. The summed E-state index contributed by atoms with van der Waals surface area (Å²) in [6.45, 7) is 4.82. The number of carbonyl (C=O) groups is 1. The summed E-state index contributed by atoms with van der Waals surface area (Å²) in [6, 6.07) is 1.06. The number of aryl methyl sites for hydroxylation is 1. The van der Waals surface area contributed by atoms with Gasteiger partial charge in [0.2, 0.25) is 5.91 Å². The highest BCUT2D eigenvalue weighted by Gasteiger charge is 2.35. The van der Waals surface area contributed by atoms with Crippen molar-refractivity contribution < 1.29 is 13.6 Å². The minimum atomic E-state index is -0.964. The summed E-state index contributed by atoms with van der Waals surface area (Å²) in [6.07, 6.45) is 0. The van der Waals surface area contributed by atoms with Gasteiger partial charge in [-0.3, -0.25) is 4.79 Å². The van der Waals surface area contributed by atoms with Crippen LogP contribution in [0.2, 0.25) is 0 Å². The van der Waals surface area contributed by atoms with E-state index in [1.165, 1.54) is 0 Å². The SMILES string of the molecule is Cc1cc(F)c(F)c2c1NC(=O)C(C)(C)N2. The molecule has 0 bridgehead atoms. The molecule has 16 heavy (non-hydrogen) atoms. The van der Waals surface area contributed by atoms with Crippen molar-refractivity contribution in [3.63, 3.8) is 0 Å². The Morgan fingerprint density at radius 1 is 1.25 bits per heavy atom. The maximum atomic E-state index is 13.5. The third-order valence-electron chi connectivity index (χ3n) is 2.66. The number of rotatable bonds is 0. The molecule has 0 spiro atoms. The van der Waals surface area contributed by atoms with Crippen LogP contribution in [-0.2, 0) is 4.79 Å². The van der Waals surface area contributed by atoms with Crippen LogP contribution in [0, 0.1) is 18.6 Å². The summed E-state index contributed by atoms with van der Waals surface area (Å²) in [5.41, 5.74) is -0.135. The van der Waals surface area contributed by atoms with Crippen LogP contribution < -0.4 is 10.6 Å². The molecule has 0 atom stereocenters. The zero-order valence-corrected chi connectivity index (χ0v) is 9.24. The molecule has 2 rings (SSSR count). The Morgan fingerprint density at radius 2 is 1.88 bits per heavy atom. The predicted octanol–water partition coefficient (Wildman–Crippen LogP) is 2.42. The Bertz CT molecular complexity index is 483. The standard InChI is InChI=1S/C11H12F2N2O/c1-5-4-6(12)7(13)9-8(5)14-10(16)11(2,3)15-9/h4,15H,1-3H3,(H,14,16). The van der Waals surface area contributed by atoms with Gasteiger partial charge in [0, 0.05) is 0 Å². The fourth-order valence-electron chi connectivity index (χ4n) is 1.67. The monoisotopic (exact) mass is 226 g/mol. The quantitative estimate of drug-likeness (QED) is 0.713. The molecule has 1 aromatic rings. The van der Waals surface area contributed by atoms with Crippen LogP contribution in [0.4, 0.5) is 20.2 Å². The fourth-order valence-corrected chi connectivity index (χ4v) is 1.67. The summed E-state index contributed by atoms with van der Waals surface area (Å²) < 4.78 is 26.7. The highest BCUT2D eigenvalue weighted by Crippen LogP contribution is 2.36. The molecule has 1 heterocycles. The van der Waals surface area contributed by atoms with Crippen LogP contribution >= 0.6 is 0 Å². The molecule has 0 aromatic heterocycles. The molecular formula is C11H12F2N2O. The highest BCUT2D eigenvalue weighted by molar-refractivity contribution is 6.06. The topological polar surface area (TPSA) is 41.1 Å². The molecule has 0 radical (unpaired) electrons. The van der Waals surface area contributed by atoms with Gasteiger partial charge in [-0.1, -0.05) is 0 Å².